The first-order valence-electron chi connectivity index (χ1n) is 9.44. The van der Waals surface area contributed by atoms with Gasteiger partial charge < -0.3 is 15.9 Å². The zero-order valence-corrected chi connectivity index (χ0v) is 15.0. The molecule has 0 spiro atoms. The van der Waals surface area contributed by atoms with Gasteiger partial charge in [0.15, 0.2) is 0 Å². The van der Waals surface area contributed by atoms with Crippen LogP contribution in [0, 0.1) is 0 Å². The van der Waals surface area contributed by atoms with Crippen molar-refractivity contribution < 1.29 is 10.2 Å². The molecule has 2 atom stereocenters. The number of hydrogen-bond donors (Lipinski definition) is 3. The monoisotopic (exact) mass is 340 g/mol. The summed E-state index contributed by atoms with van der Waals surface area (Å²) in [5.41, 5.74) is 13.7. The molecule has 6 heteroatoms. The molecule has 0 aliphatic rings. The molecule has 0 aromatic carbocycles. The number of aliphatic hydroxyl groups is 2. The van der Waals surface area contributed by atoms with Gasteiger partial charge in [-0.1, -0.05) is 75.1 Å². The van der Waals surface area contributed by atoms with E-state index in [9.17, 15) is 5.11 Å². The van der Waals surface area contributed by atoms with E-state index in [4.69, 9.17) is 16.4 Å². The fourth-order valence-corrected chi connectivity index (χ4v) is 2.57. The van der Waals surface area contributed by atoms with E-state index in [1.54, 1.807) is 6.08 Å². The van der Waals surface area contributed by atoms with Gasteiger partial charge in [-0.15, -0.1) is 0 Å². The van der Waals surface area contributed by atoms with Crippen LogP contribution in [0.5, 0.6) is 0 Å². The molecule has 140 valence electrons. The van der Waals surface area contributed by atoms with Gasteiger partial charge in [0.25, 0.3) is 0 Å². The molecule has 0 aromatic heterocycles. The van der Waals surface area contributed by atoms with Gasteiger partial charge in [-0.3, -0.25) is 0 Å². The summed E-state index contributed by atoms with van der Waals surface area (Å²) in [6, 6.07) is -0.577. The molecule has 0 aliphatic carbocycles. The van der Waals surface area contributed by atoms with Gasteiger partial charge in [-0.25, -0.2) is 0 Å². The largest absolute Gasteiger partial charge is 0.395 e. The summed E-state index contributed by atoms with van der Waals surface area (Å²) in [6.45, 7) is 0.445. The minimum atomic E-state index is -0.742. The lowest BCUT2D eigenvalue weighted by molar-refractivity contribution is 0.144. The Morgan fingerprint density at radius 3 is 1.92 bits per heavy atom. The van der Waals surface area contributed by atoms with Gasteiger partial charge in [0.2, 0.25) is 0 Å². The van der Waals surface area contributed by atoms with Gasteiger partial charge in [-0.05, 0) is 24.8 Å². The molecule has 4 N–H and O–H groups in total. The number of nitrogens with zero attached hydrogens (tertiary/aromatic N) is 3. The number of hydrogen-bond acceptors (Lipinski definition) is 4. The Morgan fingerprint density at radius 1 is 0.917 bits per heavy atom. The summed E-state index contributed by atoms with van der Waals surface area (Å²) in [6.07, 6.45) is 17.5. The van der Waals surface area contributed by atoms with E-state index >= 15 is 0 Å². The fraction of sp³-hybridized carbons (Fsp3) is 0.889. The lowest BCUT2D eigenvalue weighted by atomic mass is 10.0. The highest BCUT2D eigenvalue weighted by Gasteiger charge is 2.08. The van der Waals surface area contributed by atoms with Crippen LogP contribution >= 0.6 is 0 Å². The highest BCUT2D eigenvalue weighted by molar-refractivity contribution is 4.93. The summed E-state index contributed by atoms with van der Waals surface area (Å²) >= 11 is 0. The highest BCUT2D eigenvalue weighted by atomic mass is 16.3. The van der Waals surface area contributed by atoms with Crippen LogP contribution < -0.4 is 5.73 Å². The van der Waals surface area contributed by atoms with E-state index in [2.05, 4.69) is 10.0 Å². The second kappa shape index (κ2) is 18.3. The lowest BCUT2D eigenvalue weighted by Crippen LogP contribution is -2.36. The molecule has 0 saturated heterocycles. The molecule has 0 amide bonds. The molecule has 0 unspecified atom stereocenters. The predicted molar refractivity (Wildman–Crippen MR) is 99.6 cm³/mol. The average molecular weight is 341 g/mol. The summed E-state index contributed by atoms with van der Waals surface area (Å²) in [5.74, 6) is 0. The third kappa shape index (κ3) is 15.8. The number of unbranched alkanes of at least 4 members (excludes halogenated alkanes) is 11. The van der Waals surface area contributed by atoms with Crippen molar-refractivity contribution in [2.24, 2.45) is 10.8 Å². The van der Waals surface area contributed by atoms with Crippen molar-refractivity contribution in [1.82, 2.24) is 0 Å². The van der Waals surface area contributed by atoms with E-state index in [1.165, 1.54) is 57.8 Å². The fourth-order valence-electron chi connectivity index (χ4n) is 2.57. The standard InChI is InChI=1S/C18H36N4O2/c19-17(16-23)18(24)14-12-10-8-6-4-2-1-3-5-7-9-11-13-15-21-22-20/h12,14,17-18,23-24H,1-11,13,15-16,19H2/b14-12+/t17-,18+/m0/s1. The van der Waals surface area contributed by atoms with Crippen LogP contribution in [0.15, 0.2) is 17.3 Å². The van der Waals surface area contributed by atoms with Gasteiger partial charge in [-0.2, -0.15) is 0 Å². The maximum atomic E-state index is 9.54. The molecule has 6 nitrogen and oxygen atoms in total. The molecule has 0 radical (unpaired) electrons. The van der Waals surface area contributed by atoms with Crippen LogP contribution in [0.2, 0.25) is 0 Å². The van der Waals surface area contributed by atoms with Crippen molar-refractivity contribution in [3.8, 4) is 0 Å². The Morgan fingerprint density at radius 2 is 1.42 bits per heavy atom. The van der Waals surface area contributed by atoms with E-state index in [1.807, 2.05) is 6.08 Å². The van der Waals surface area contributed by atoms with Crippen molar-refractivity contribution >= 4 is 0 Å². The number of rotatable bonds is 17. The van der Waals surface area contributed by atoms with Gasteiger partial charge in [0, 0.05) is 11.5 Å². The summed E-state index contributed by atoms with van der Waals surface area (Å²) in [5, 5.41) is 21.9. The van der Waals surface area contributed by atoms with Crippen LogP contribution in [0.3, 0.4) is 0 Å². The Labute approximate surface area is 146 Å². The van der Waals surface area contributed by atoms with Crippen LogP contribution in [0.25, 0.3) is 10.4 Å². The minimum absolute atomic E-state index is 0.193. The maximum absolute atomic E-state index is 9.54. The number of aliphatic hydroxyl groups excluding tert-OH is 2. The molecule has 0 aromatic rings. The second-order valence-electron chi connectivity index (χ2n) is 6.40. The molecule has 0 saturated carbocycles. The SMILES string of the molecule is [N-]=[N+]=NCCCCCCCCCCCCC/C=C/[C@@H](O)[C@@H](N)CO. The van der Waals surface area contributed by atoms with Crippen molar-refractivity contribution in [1.29, 1.82) is 0 Å². The predicted octanol–water partition coefficient (Wildman–Crippen LogP) is 4.21. The van der Waals surface area contributed by atoms with Crippen LogP contribution in [-0.2, 0) is 0 Å². The van der Waals surface area contributed by atoms with Crippen LogP contribution in [-0.4, -0.2) is 35.5 Å². The Kier molecular flexibility index (Phi) is 17.5. The Bertz CT molecular complexity index is 344. The molecule has 0 heterocycles. The zero-order chi connectivity index (χ0) is 17.9. The number of azide groups is 1. The van der Waals surface area contributed by atoms with Crippen molar-refractivity contribution in [3.05, 3.63) is 22.6 Å². The van der Waals surface area contributed by atoms with Gasteiger partial charge in [0.05, 0.1) is 18.8 Å². The Balaban J connectivity index is 3.20. The Hall–Kier alpha value is -1.07. The van der Waals surface area contributed by atoms with E-state index in [-0.39, 0.29) is 6.61 Å². The number of allylic oxidation sites excluding steroid dienone is 1. The van der Waals surface area contributed by atoms with Gasteiger partial charge in [0.1, 0.15) is 0 Å². The molecule has 0 aliphatic heterocycles. The normalized spacial score (nSPS) is 13.8. The third-order valence-corrected chi connectivity index (χ3v) is 4.17. The summed E-state index contributed by atoms with van der Waals surface area (Å²) in [4.78, 5) is 2.75. The van der Waals surface area contributed by atoms with Crippen molar-refractivity contribution in [2.45, 2.75) is 89.2 Å². The topological polar surface area (TPSA) is 115 Å². The van der Waals surface area contributed by atoms with Gasteiger partial charge >= 0.3 is 0 Å². The first-order chi connectivity index (χ1) is 11.7. The molecule has 0 rings (SSSR count). The number of nitrogens with two attached hydrogens (primary N) is 1. The lowest BCUT2D eigenvalue weighted by Gasteiger charge is -2.11. The molecule has 0 fully saturated rings. The van der Waals surface area contributed by atoms with Crippen molar-refractivity contribution in [3.63, 3.8) is 0 Å². The first-order valence-corrected chi connectivity index (χ1v) is 9.44. The van der Waals surface area contributed by atoms with E-state index in [0.717, 1.165) is 19.3 Å². The molecule has 24 heavy (non-hydrogen) atoms. The van der Waals surface area contributed by atoms with Crippen LogP contribution in [0.4, 0.5) is 0 Å². The smallest absolute Gasteiger partial charge is 0.0894 e. The van der Waals surface area contributed by atoms with Crippen LogP contribution in [0.1, 0.15) is 77.0 Å². The maximum Gasteiger partial charge on any atom is 0.0894 e. The molecular weight excluding hydrogens is 304 g/mol. The van der Waals surface area contributed by atoms with E-state index in [0.29, 0.717) is 6.54 Å². The molecular formula is C18H36N4O2. The quantitative estimate of drug-likeness (QED) is 0.121. The zero-order valence-electron chi connectivity index (χ0n) is 15.0. The van der Waals surface area contributed by atoms with E-state index < -0.39 is 12.1 Å². The highest BCUT2D eigenvalue weighted by Crippen LogP contribution is 2.12. The summed E-state index contributed by atoms with van der Waals surface area (Å²) in [7, 11) is 0. The third-order valence-electron chi connectivity index (χ3n) is 4.17. The second-order valence-corrected chi connectivity index (χ2v) is 6.40. The first kappa shape index (κ1) is 22.9. The molecule has 0 bridgehead atoms. The van der Waals surface area contributed by atoms with Crippen molar-refractivity contribution in [2.75, 3.05) is 13.2 Å². The summed E-state index contributed by atoms with van der Waals surface area (Å²) < 4.78 is 0. The minimum Gasteiger partial charge on any atom is -0.395 e. The average Bonchev–Trinajstić information content (AvgIpc) is 2.60.